The van der Waals surface area contributed by atoms with E-state index in [1.165, 1.54) is 61.6 Å². The fraction of sp³-hybridized carbons (Fsp3) is 0.143. The van der Waals surface area contributed by atoms with Crippen LogP contribution in [-0.4, -0.2) is 4.98 Å². The van der Waals surface area contributed by atoms with Crippen LogP contribution in [-0.2, 0) is 0 Å². The molecule has 1 aromatic heterocycles. The van der Waals surface area contributed by atoms with Gasteiger partial charge in [0.1, 0.15) is 0 Å². The largest absolute Gasteiger partial charge is 0.354 e. The molecular weight excluding hydrogens is 350 g/mol. The monoisotopic (exact) mass is 371 g/mol. The van der Waals surface area contributed by atoms with Crippen LogP contribution in [0.25, 0.3) is 44.1 Å². The van der Waals surface area contributed by atoms with E-state index in [9.17, 15) is 0 Å². The maximum absolute atomic E-state index is 3.70. The molecule has 1 heterocycles. The first-order valence-corrected chi connectivity index (χ1v) is 10.6. The summed E-state index contributed by atoms with van der Waals surface area (Å²) in [6, 6.07) is 22.2. The van der Waals surface area contributed by atoms with Gasteiger partial charge in [-0.2, -0.15) is 0 Å². The Morgan fingerprint density at radius 1 is 0.759 bits per heavy atom. The first kappa shape index (κ1) is 15.6. The van der Waals surface area contributed by atoms with Crippen LogP contribution in [0.2, 0.25) is 0 Å². The second kappa shape index (κ2) is 5.61. The molecule has 2 unspecified atom stereocenters. The van der Waals surface area contributed by atoms with Gasteiger partial charge in [-0.25, -0.2) is 0 Å². The molecule has 1 N–H and O–H groups in total. The topological polar surface area (TPSA) is 15.8 Å². The summed E-state index contributed by atoms with van der Waals surface area (Å²) in [7, 11) is 0. The third-order valence-corrected chi connectivity index (χ3v) is 7.07. The fourth-order valence-corrected chi connectivity index (χ4v) is 5.92. The number of hydrogen-bond donors (Lipinski definition) is 1. The normalized spacial score (nSPS) is 21.8. The summed E-state index contributed by atoms with van der Waals surface area (Å²) in [6.45, 7) is 0. The molecule has 4 aromatic rings. The molecule has 0 fully saturated rings. The van der Waals surface area contributed by atoms with E-state index in [1.807, 2.05) is 0 Å². The van der Waals surface area contributed by atoms with Crippen molar-refractivity contribution >= 4 is 33.0 Å². The lowest BCUT2D eigenvalue weighted by Crippen LogP contribution is -2.21. The zero-order chi connectivity index (χ0) is 18.9. The zero-order valence-electron chi connectivity index (χ0n) is 16.2. The minimum Gasteiger partial charge on any atom is -0.354 e. The van der Waals surface area contributed by atoms with Crippen LogP contribution in [0, 0.1) is 11.8 Å². The molecule has 2 atom stereocenters. The van der Waals surface area contributed by atoms with E-state index in [2.05, 4.69) is 90.0 Å². The Hall–Kier alpha value is -3.32. The lowest BCUT2D eigenvalue weighted by molar-refractivity contribution is 0.516. The highest BCUT2D eigenvalue weighted by molar-refractivity contribution is 6.21. The number of aromatic amines is 1. The molecule has 0 spiro atoms. The molecule has 29 heavy (non-hydrogen) atoms. The van der Waals surface area contributed by atoms with Gasteiger partial charge < -0.3 is 4.98 Å². The van der Waals surface area contributed by atoms with Crippen molar-refractivity contribution in [2.45, 2.75) is 12.8 Å². The van der Waals surface area contributed by atoms with Gasteiger partial charge in [-0.3, -0.25) is 0 Å². The minimum absolute atomic E-state index is 0.458. The molecule has 3 aliphatic carbocycles. The van der Waals surface area contributed by atoms with Crippen LogP contribution in [0.15, 0.2) is 85.0 Å². The van der Waals surface area contributed by atoms with Gasteiger partial charge >= 0.3 is 0 Å². The van der Waals surface area contributed by atoms with Crippen LogP contribution in [0.5, 0.6) is 0 Å². The predicted octanol–water partition coefficient (Wildman–Crippen LogP) is 7.36. The molecule has 3 aliphatic rings. The van der Waals surface area contributed by atoms with Gasteiger partial charge in [-0.1, -0.05) is 72.8 Å². The van der Waals surface area contributed by atoms with Crippen molar-refractivity contribution in [2.75, 3.05) is 0 Å². The molecule has 0 saturated carbocycles. The average molecular weight is 371 g/mol. The highest BCUT2D eigenvalue weighted by Crippen LogP contribution is 2.55. The van der Waals surface area contributed by atoms with E-state index >= 15 is 0 Å². The van der Waals surface area contributed by atoms with Crippen molar-refractivity contribution in [2.24, 2.45) is 11.8 Å². The van der Waals surface area contributed by atoms with Crippen LogP contribution in [0.1, 0.15) is 24.0 Å². The first-order chi connectivity index (χ1) is 14.4. The van der Waals surface area contributed by atoms with Crippen molar-refractivity contribution in [1.82, 2.24) is 4.98 Å². The lowest BCUT2D eigenvalue weighted by Gasteiger charge is -2.35. The summed E-state index contributed by atoms with van der Waals surface area (Å²) in [5, 5.41) is 2.80. The van der Waals surface area contributed by atoms with E-state index in [0.717, 1.165) is 6.42 Å². The van der Waals surface area contributed by atoms with Gasteiger partial charge in [0.2, 0.25) is 0 Å². The van der Waals surface area contributed by atoms with Crippen LogP contribution in [0.3, 0.4) is 0 Å². The smallest absolute Gasteiger partial charge is 0.0471 e. The lowest BCUT2D eigenvalue weighted by atomic mass is 9.69. The Bertz CT molecular complexity index is 1390. The molecule has 0 bridgehead atoms. The Balaban J connectivity index is 1.71. The second-order valence-electron chi connectivity index (χ2n) is 8.52. The number of aromatic nitrogens is 1. The zero-order valence-corrected chi connectivity index (χ0v) is 16.2. The van der Waals surface area contributed by atoms with Crippen molar-refractivity contribution in [3.05, 3.63) is 96.1 Å². The maximum atomic E-state index is 3.70. The van der Waals surface area contributed by atoms with Gasteiger partial charge in [0, 0.05) is 27.7 Å². The highest BCUT2D eigenvalue weighted by atomic mass is 14.7. The average Bonchev–Trinajstić information content (AvgIpc) is 3.11. The summed E-state index contributed by atoms with van der Waals surface area (Å²) in [5.41, 5.74) is 11.0. The Morgan fingerprint density at radius 3 is 2.59 bits per heavy atom. The van der Waals surface area contributed by atoms with E-state index in [4.69, 9.17) is 0 Å². The van der Waals surface area contributed by atoms with Crippen LogP contribution >= 0.6 is 0 Å². The molecular formula is C28H21N. The number of allylic oxidation sites excluding steroid dienone is 6. The van der Waals surface area contributed by atoms with E-state index in [1.54, 1.807) is 0 Å². The summed E-state index contributed by atoms with van der Waals surface area (Å²) in [6.07, 6.45) is 12.0. The molecule has 1 nitrogen and oxygen atoms in total. The Labute approximate surface area is 170 Å². The molecule has 3 aromatic carbocycles. The third kappa shape index (κ3) is 2.00. The van der Waals surface area contributed by atoms with Gasteiger partial charge in [-0.15, -0.1) is 0 Å². The molecule has 0 amide bonds. The minimum atomic E-state index is 0.458. The van der Waals surface area contributed by atoms with E-state index < -0.39 is 0 Å². The van der Waals surface area contributed by atoms with Crippen molar-refractivity contribution < 1.29 is 0 Å². The molecule has 0 saturated heterocycles. The molecule has 0 radical (unpaired) electrons. The van der Waals surface area contributed by atoms with Gasteiger partial charge in [0.05, 0.1) is 0 Å². The number of hydrogen-bond acceptors (Lipinski definition) is 0. The van der Waals surface area contributed by atoms with Crippen molar-refractivity contribution in [3.63, 3.8) is 0 Å². The molecule has 7 rings (SSSR count). The van der Waals surface area contributed by atoms with Crippen LogP contribution < -0.4 is 0 Å². The number of H-pyrrole nitrogens is 1. The molecule has 1 heteroatoms. The highest BCUT2D eigenvalue weighted by Gasteiger charge is 2.37. The van der Waals surface area contributed by atoms with Crippen molar-refractivity contribution in [1.29, 1.82) is 0 Å². The predicted molar refractivity (Wildman–Crippen MR) is 123 cm³/mol. The summed E-state index contributed by atoms with van der Waals surface area (Å²) >= 11 is 0. The first-order valence-electron chi connectivity index (χ1n) is 10.6. The third-order valence-electron chi connectivity index (χ3n) is 7.07. The number of nitrogens with one attached hydrogen (secondary N) is 1. The quantitative estimate of drug-likeness (QED) is 0.360. The summed E-state index contributed by atoms with van der Waals surface area (Å²) in [4.78, 5) is 3.70. The van der Waals surface area contributed by atoms with Crippen LogP contribution in [0.4, 0.5) is 0 Å². The Kier molecular flexibility index (Phi) is 3.01. The van der Waals surface area contributed by atoms with Gasteiger partial charge in [-0.05, 0) is 64.3 Å². The Morgan fingerprint density at radius 2 is 1.66 bits per heavy atom. The van der Waals surface area contributed by atoms with E-state index in [-0.39, 0.29) is 0 Å². The standard InChI is InChI=1S/C28H21N/c1-2-7-17(8-3-1)19-15-16-24-28-26(19)22-13-5-10-18-9-4-11-20(25(18)22)21-12-6-14-23(29-24)27(21)28/h1-4,6-9,11-16,18,25,29H,5,10H2. The number of benzene rings is 3. The SMILES string of the molecule is C1=CC2CCC=C3c4c(-c5ccccc5)ccc5[nH]c6cccc(c6c45)C(=C1)C32. The molecule has 0 aliphatic heterocycles. The molecule has 138 valence electrons. The van der Waals surface area contributed by atoms with Crippen molar-refractivity contribution in [3.8, 4) is 11.1 Å². The number of rotatable bonds is 1. The van der Waals surface area contributed by atoms with Gasteiger partial charge in [0.25, 0.3) is 0 Å². The maximum Gasteiger partial charge on any atom is 0.0471 e. The number of fused-ring (bicyclic) bond motifs is 2. The summed E-state index contributed by atoms with van der Waals surface area (Å²) in [5.74, 6) is 1.05. The second-order valence-corrected chi connectivity index (χ2v) is 8.52. The summed E-state index contributed by atoms with van der Waals surface area (Å²) < 4.78 is 0. The fourth-order valence-electron chi connectivity index (χ4n) is 5.92. The van der Waals surface area contributed by atoms with E-state index in [0.29, 0.717) is 11.8 Å². The van der Waals surface area contributed by atoms with Gasteiger partial charge in [0.15, 0.2) is 0 Å².